The zero-order chi connectivity index (χ0) is 19.7. The van der Waals surface area contributed by atoms with Gasteiger partial charge in [-0.05, 0) is 38.1 Å². The van der Waals surface area contributed by atoms with Crippen molar-refractivity contribution in [3.63, 3.8) is 0 Å². The van der Waals surface area contributed by atoms with Crippen molar-refractivity contribution >= 4 is 16.6 Å². The lowest BCUT2D eigenvalue weighted by atomic mass is 10.1. The van der Waals surface area contributed by atoms with E-state index in [1.165, 1.54) is 5.69 Å². The first-order valence-electron chi connectivity index (χ1n) is 9.57. The summed E-state index contributed by atoms with van der Waals surface area (Å²) < 4.78 is 10.8. The number of fused-ring (bicyclic) bond motifs is 1. The van der Waals surface area contributed by atoms with Crippen LogP contribution in [0.25, 0.3) is 22.3 Å². The van der Waals surface area contributed by atoms with Crippen molar-refractivity contribution in [2.45, 2.75) is 25.9 Å². The average Bonchev–Trinajstić information content (AvgIpc) is 2.71. The smallest absolute Gasteiger partial charge is 0.159 e. The fourth-order valence-corrected chi connectivity index (χ4v) is 3.86. The number of hydrogen-bond donors (Lipinski definition) is 1. The van der Waals surface area contributed by atoms with E-state index in [-0.39, 0.29) is 0 Å². The summed E-state index contributed by atoms with van der Waals surface area (Å²) in [4.78, 5) is 11.7. The van der Waals surface area contributed by atoms with E-state index in [2.05, 4.69) is 53.3 Å². The van der Waals surface area contributed by atoms with Crippen LogP contribution in [0.4, 0.5) is 5.69 Å². The molecule has 4 rings (SSSR count). The van der Waals surface area contributed by atoms with E-state index >= 15 is 0 Å². The van der Waals surface area contributed by atoms with E-state index in [0.717, 1.165) is 29.6 Å². The molecule has 0 spiro atoms. The van der Waals surface area contributed by atoms with E-state index < -0.39 is 0 Å². The Morgan fingerprint density at radius 3 is 2.36 bits per heavy atom. The summed E-state index contributed by atoms with van der Waals surface area (Å²) in [6.45, 7) is 6.47. The molecule has 0 amide bonds. The zero-order valence-corrected chi connectivity index (χ0v) is 16.8. The van der Waals surface area contributed by atoms with Gasteiger partial charge in [-0.25, -0.2) is 9.97 Å². The van der Waals surface area contributed by atoms with Crippen LogP contribution in [-0.4, -0.2) is 49.4 Å². The fourth-order valence-electron chi connectivity index (χ4n) is 3.86. The van der Waals surface area contributed by atoms with E-state index in [4.69, 9.17) is 14.5 Å². The van der Waals surface area contributed by atoms with E-state index in [0.29, 0.717) is 29.4 Å². The quantitative estimate of drug-likeness (QED) is 0.750. The number of aromatic nitrogens is 2. The molecular weight excluding hydrogens is 352 g/mol. The van der Waals surface area contributed by atoms with Gasteiger partial charge >= 0.3 is 0 Å². The predicted octanol–water partition coefficient (Wildman–Crippen LogP) is 3.50. The molecular formula is C22H26N4O2. The van der Waals surface area contributed by atoms with Crippen LogP contribution in [0.1, 0.15) is 13.8 Å². The first kappa shape index (κ1) is 18.5. The van der Waals surface area contributed by atoms with Crippen molar-refractivity contribution in [2.75, 3.05) is 32.2 Å². The summed E-state index contributed by atoms with van der Waals surface area (Å²) in [6, 6.07) is 13.2. The van der Waals surface area contributed by atoms with Gasteiger partial charge in [0.25, 0.3) is 0 Å². The van der Waals surface area contributed by atoms with Crippen LogP contribution >= 0.6 is 0 Å². The number of benzene rings is 2. The first-order chi connectivity index (χ1) is 13.6. The summed E-state index contributed by atoms with van der Waals surface area (Å²) in [7, 11) is 3.28. The fraction of sp³-hybridized carbons (Fsp3) is 0.364. The molecule has 2 heterocycles. The first-order valence-corrected chi connectivity index (χ1v) is 9.57. The van der Waals surface area contributed by atoms with Crippen molar-refractivity contribution in [1.29, 1.82) is 0 Å². The molecule has 1 fully saturated rings. The Hall–Kier alpha value is -2.86. The van der Waals surface area contributed by atoms with E-state index in [1.54, 1.807) is 14.2 Å². The highest BCUT2D eigenvalue weighted by molar-refractivity contribution is 5.87. The standard InChI is InChI=1S/C22H26N4O2/c1-14-12-26(13-15(2)24-14)17-7-5-16(6-8-17)22-23-11-19-20(25-22)9-18(27-3)10-21(19)28-4/h5-11,14-15,24H,12-13H2,1-4H3. The molecule has 2 unspecified atom stereocenters. The maximum atomic E-state index is 5.45. The van der Waals surface area contributed by atoms with Crippen LogP contribution < -0.4 is 19.7 Å². The Kier molecular flexibility index (Phi) is 5.05. The minimum atomic E-state index is 0.484. The van der Waals surface area contributed by atoms with Gasteiger partial charge in [-0.15, -0.1) is 0 Å². The normalized spacial score (nSPS) is 19.6. The molecule has 146 valence electrons. The van der Waals surface area contributed by atoms with Gasteiger partial charge in [-0.3, -0.25) is 0 Å². The summed E-state index contributed by atoms with van der Waals surface area (Å²) in [5.74, 6) is 2.11. The number of rotatable bonds is 4. The van der Waals surface area contributed by atoms with Gasteiger partial charge in [0, 0.05) is 54.8 Å². The second kappa shape index (κ2) is 7.64. The third-order valence-corrected chi connectivity index (χ3v) is 5.14. The SMILES string of the molecule is COc1cc(OC)c2cnc(-c3ccc(N4CC(C)NC(C)C4)cc3)nc2c1. The molecule has 1 saturated heterocycles. The summed E-state index contributed by atoms with van der Waals surface area (Å²) >= 11 is 0. The summed E-state index contributed by atoms with van der Waals surface area (Å²) in [6.07, 6.45) is 1.81. The largest absolute Gasteiger partial charge is 0.497 e. The molecule has 6 heteroatoms. The van der Waals surface area contributed by atoms with Gasteiger partial charge in [-0.1, -0.05) is 0 Å². The van der Waals surface area contributed by atoms with Gasteiger partial charge in [0.2, 0.25) is 0 Å². The summed E-state index contributed by atoms with van der Waals surface area (Å²) in [5.41, 5.74) is 3.02. The van der Waals surface area contributed by atoms with Gasteiger partial charge in [0.15, 0.2) is 5.82 Å². The highest BCUT2D eigenvalue weighted by atomic mass is 16.5. The minimum Gasteiger partial charge on any atom is -0.497 e. The lowest BCUT2D eigenvalue weighted by molar-refractivity contribution is 0.397. The Balaban J connectivity index is 1.64. The molecule has 6 nitrogen and oxygen atoms in total. The average molecular weight is 378 g/mol. The van der Waals surface area contributed by atoms with Crippen LogP contribution in [-0.2, 0) is 0 Å². The topological polar surface area (TPSA) is 59.5 Å². The number of ether oxygens (including phenoxy) is 2. The number of nitrogens with one attached hydrogen (secondary N) is 1. The van der Waals surface area contributed by atoms with Crippen molar-refractivity contribution in [3.05, 3.63) is 42.6 Å². The highest BCUT2D eigenvalue weighted by Gasteiger charge is 2.21. The van der Waals surface area contributed by atoms with Crippen LogP contribution in [0.2, 0.25) is 0 Å². The van der Waals surface area contributed by atoms with Crippen LogP contribution in [0, 0.1) is 0 Å². The maximum absolute atomic E-state index is 5.45. The van der Waals surface area contributed by atoms with Gasteiger partial charge in [-0.2, -0.15) is 0 Å². The predicted molar refractivity (Wildman–Crippen MR) is 112 cm³/mol. The number of nitrogens with zero attached hydrogens (tertiary/aromatic N) is 3. The molecule has 1 aromatic heterocycles. The lowest BCUT2D eigenvalue weighted by Crippen LogP contribution is -2.54. The Labute approximate surface area is 165 Å². The molecule has 3 aromatic rings. The zero-order valence-electron chi connectivity index (χ0n) is 16.8. The molecule has 0 aliphatic carbocycles. The van der Waals surface area contributed by atoms with Crippen LogP contribution in [0.15, 0.2) is 42.6 Å². The number of piperazine rings is 1. The second-order valence-corrected chi connectivity index (χ2v) is 7.38. The molecule has 0 saturated carbocycles. The molecule has 2 atom stereocenters. The minimum absolute atomic E-state index is 0.484. The van der Waals surface area contributed by atoms with Crippen LogP contribution in [0.3, 0.4) is 0 Å². The third kappa shape index (κ3) is 3.60. The lowest BCUT2D eigenvalue weighted by Gasteiger charge is -2.37. The van der Waals surface area contributed by atoms with Crippen molar-refractivity contribution in [2.24, 2.45) is 0 Å². The molecule has 1 aliphatic heterocycles. The highest BCUT2D eigenvalue weighted by Crippen LogP contribution is 2.31. The second-order valence-electron chi connectivity index (χ2n) is 7.38. The van der Waals surface area contributed by atoms with E-state index in [9.17, 15) is 0 Å². The van der Waals surface area contributed by atoms with Crippen molar-refractivity contribution in [1.82, 2.24) is 15.3 Å². The monoisotopic (exact) mass is 378 g/mol. The summed E-state index contributed by atoms with van der Waals surface area (Å²) in [5, 5.41) is 4.44. The number of hydrogen-bond acceptors (Lipinski definition) is 6. The number of methoxy groups -OCH3 is 2. The van der Waals surface area contributed by atoms with Gasteiger partial charge in [0.1, 0.15) is 11.5 Å². The third-order valence-electron chi connectivity index (χ3n) is 5.14. The van der Waals surface area contributed by atoms with Gasteiger partial charge < -0.3 is 19.7 Å². The molecule has 28 heavy (non-hydrogen) atoms. The maximum Gasteiger partial charge on any atom is 0.159 e. The number of anilines is 1. The van der Waals surface area contributed by atoms with Crippen molar-refractivity contribution in [3.8, 4) is 22.9 Å². The van der Waals surface area contributed by atoms with Crippen molar-refractivity contribution < 1.29 is 9.47 Å². The van der Waals surface area contributed by atoms with E-state index in [1.807, 2.05) is 18.3 Å². The molecule has 1 N–H and O–H groups in total. The Morgan fingerprint density at radius 1 is 1.00 bits per heavy atom. The van der Waals surface area contributed by atoms with Crippen LogP contribution in [0.5, 0.6) is 11.5 Å². The molecule has 0 bridgehead atoms. The molecule has 0 radical (unpaired) electrons. The Bertz CT molecular complexity index is 964. The molecule has 2 aromatic carbocycles. The van der Waals surface area contributed by atoms with Gasteiger partial charge in [0.05, 0.1) is 25.1 Å². The Morgan fingerprint density at radius 2 is 1.71 bits per heavy atom. The molecule has 1 aliphatic rings.